The summed E-state index contributed by atoms with van der Waals surface area (Å²) in [5, 5.41) is 2.88. The maximum absolute atomic E-state index is 12.7. The molecule has 7 nitrogen and oxygen atoms in total. The predicted molar refractivity (Wildman–Crippen MR) is 119 cm³/mol. The molecule has 0 spiro atoms. The van der Waals surface area contributed by atoms with Crippen molar-refractivity contribution in [1.82, 2.24) is 0 Å². The number of hydrogen-bond acceptors (Lipinski definition) is 6. The van der Waals surface area contributed by atoms with E-state index in [1.165, 1.54) is 0 Å². The molecule has 0 radical (unpaired) electrons. The number of anilines is 1. The third-order valence-corrected chi connectivity index (χ3v) is 5.58. The van der Waals surface area contributed by atoms with Crippen LogP contribution in [0.25, 0.3) is 0 Å². The number of nitrogens with zero attached hydrogens (tertiary/aromatic N) is 1. The molecule has 32 heavy (non-hydrogen) atoms. The summed E-state index contributed by atoms with van der Waals surface area (Å²) in [6.07, 6.45) is 0.272. The van der Waals surface area contributed by atoms with Gasteiger partial charge in [-0.25, -0.2) is 4.79 Å². The molecule has 2 unspecified atom stereocenters. The number of ether oxygens (including phenoxy) is 2. The lowest BCUT2D eigenvalue weighted by molar-refractivity contribution is -0.146. The Hall–Kier alpha value is -3.74. The van der Waals surface area contributed by atoms with Crippen molar-refractivity contribution < 1.29 is 23.9 Å². The highest BCUT2D eigenvalue weighted by atomic mass is 16.5. The van der Waals surface area contributed by atoms with Gasteiger partial charge in [0, 0.05) is 17.3 Å². The predicted octanol–water partition coefficient (Wildman–Crippen LogP) is 3.42. The average Bonchev–Trinajstić information content (AvgIpc) is 3.14. The number of carbonyl (C=O) groups excluding carboxylic acids is 3. The van der Waals surface area contributed by atoms with Crippen LogP contribution in [-0.2, 0) is 30.3 Å². The molecule has 0 saturated carbocycles. The molecule has 0 aliphatic carbocycles. The van der Waals surface area contributed by atoms with Crippen molar-refractivity contribution in [2.45, 2.75) is 26.2 Å². The zero-order valence-electron chi connectivity index (χ0n) is 18.0. The molecule has 2 aliphatic heterocycles. The fraction of sp³-hybridized carbons (Fsp3) is 0.280. The second-order valence-corrected chi connectivity index (χ2v) is 7.73. The number of hydrogen-bond donors (Lipinski definition) is 1. The molecule has 1 amide bonds. The lowest BCUT2D eigenvalue weighted by atomic mass is 9.76. The zero-order valence-corrected chi connectivity index (χ0v) is 18.0. The summed E-state index contributed by atoms with van der Waals surface area (Å²) >= 11 is 0. The lowest BCUT2D eigenvalue weighted by Crippen LogP contribution is -2.35. The monoisotopic (exact) mass is 432 g/mol. The van der Waals surface area contributed by atoms with Gasteiger partial charge in [-0.3, -0.25) is 14.6 Å². The quantitative estimate of drug-likeness (QED) is 0.706. The van der Waals surface area contributed by atoms with Gasteiger partial charge in [-0.15, -0.1) is 0 Å². The van der Waals surface area contributed by atoms with E-state index in [1.54, 1.807) is 26.0 Å². The largest absolute Gasteiger partial charge is 0.465 e. The molecule has 1 N–H and O–H groups in total. The van der Waals surface area contributed by atoms with E-state index in [0.29, 0.717) is 22.7 Å². The van der Waals surface area contributed by atoms with Gasteiger partial charge in [-0.2, -0.15) is 0 Å². The maximum Gasteiger partial charge on any atom is 0.337 e. The molecule has 2 aromatic rings. The fourth-order valence-electron chi connectivity index (χ4n) is 4.15. The number of carbonyl (C=O) groups is 3. The van der Waals surface area contributed by atoms with Gasteiger partial charge in [0.15, 0.2) is 0 Å². The Morgan fingerprint density at radius 2 is 1.84 bits per heavy atom. The molecule has 0 bridgehead atoms. The number of nitrogens with one attached hydrogen (secondary N) is 1. The highest BCUT2D eigenvalue weighted by Gasteiger charge is 2.45. The Morgan fingerprint density at radius 1 is 1.12 bits per heavy atom. The van der Waals surface area contributed by atoms with E-state index < -0.39 is 23.8 Å². The summed E-state index contributed by atoms with van der Waals surface area (Å²) in [5.41, 5.74) is 3.85. The summed E-state index contributed by atoms with van der Waals surface area (Å²) in [6, 6.07) is 16.6. The van der Waals surface area contributed by atoms with Gasteiger partial charge in [0.05, 0.1) is 24.3 Å². The van der Waals surface area contributed by atoms with Gasteiger partial charge in [0.1, 0.15) is 12.5 Å². The Morgan fingerprint density at radius 3 is 2.53 bits per heavy atom. The molecule has 2 aliphatic rings. The number of aliphatic imine (C=N–C) groups is 1. The van der Waals surface area contributed by atoms with Crippen molar-refractivity contribution in [3.05, 3.63) is 77.0 Å². The van der Waals surface area contributed by atoms with Crippen molar-refractivity contribution in [2.24, 2.45) is 10.9 Å². The number of benzene rings is 2. The first kappa shape index (κ1) is 21.5. The first-order valence-corrected chi connectivity index (χ1v) is 10.5. The average molecular weight is 432 g/mol. The summed E-state index contributed by atoms with van der Waals surface area (Å²) in [5.74, 6) is -2.28. The molecular weight excluding hydrogens is 408 g/mol. The summed E-state index contributed by atoms with van der Waals surface area (Å²) in [7, 11) is 0. The van der Waals surface area contributed by atoms with Crippen LogP contribution in [0.2, 0.25) is 0 Å². The minimum absolute atomic E-state index is 0.102. The molecule has 4 rings (SSSR count). The zero-order chi connectivity index (χ0) is 22.7. The van der Waals surface area contributed by atoms with Crippen molar-refractivity contribution in [2.75, 3.05) is 18.5 Å². The molecule has 0 fully saturated rings. The minimum Gasteiger partial charge on any atom is -0.465 e. The van der Waals surface area contributed by atoms with Gasteiger partial charge >= 0.3 is 11.9 Å². The van der Waals surface area contributed by atoms with Crippen molar-refractivity contribution in [3.63, 3.8) is 0 Å². The topological polar surface area (TPSA) is 94.1 Å². The van der Waals surface area contributed by atoms with Crippen LogP contribution in [0, 0.1) is 5.92 Å². The molecular formula is C25H24N2O5. The second kappa shape index (κ2) is 9.18. The van der Waals surface area contributed by atoms with Gasteiger partial charge < -0.3 is 14.8 Å². The fourth-order valence-corrected chi connectivity index (χ4v) is 4.15. The van der Waals surface area contributed by atoms with E-state index in [4.69, 9.17) is 9.47 Å². The minimum atomic E-state index is -0.710. The number of cyclic esters (lactones) is 1. The maximum atomic E-state index is 12.7. The third-order valence-electron chi connectivity index (χ3n) is 5.58. The van der Waals surface area contributed by atoms with E-state index in [0.717, 1.165) is 11.1 Å². The van der Waals surface area contributed by atoms with Crippen LogP contribution in [0.5, 0.6) is 0 Å². The second-order valence-electron chi connectivity index (χ2n) is 7.73. The normalized spacial score (nSPS) is 19.7. The van der Waals surface area contributed by atoms with Gasteiger partial charge in [0.25, 0.3) is 0 Å². The summed E-state index contributed by atoms with van der Waals surface area (Å²) < 4.78 is 10.5. The standard InChI is InChI=1S/C25H24N2O5/c1-3-31-24(29)21-15(2)26-19-14-32-25(30)23(19)22(21)17-9-11-18(12-10-17)27-20(28)13-16-7-5-4-6-8-16/h4-12,21-22H,3,13-14H2,1-2H3,(H,27,28). The SMILES string of the molecule is CCOC(=O)C1C(C)=NC2=C(C(=O)OC2)C1c1ccc(NC(=O)Cc2ccccc2)cc1. The summed E-state index contributed by atoms with van der Waals surface area (Å²) in [4.78, 5) is 42.0. The first-order chi connectivity index (χ1) is 15.5. The van der Waals surface area contributed by atoms with Crippen LogP contribution in [-0.4, -0.2) is 36.8 Å². The Bertz CT molecular complexity index is 1100. The van der Waals surface area contributed by atoms with E-state index in [2.05, 4.69) is 10.3 Å². The van der Waals surface area contributed by atoms with Crippen LogP contribution in [0.3, 0.4) is 0 Å². The molecule has 2 aromatic carbocycles. The third kappa shape index (κ3) is 4.32. The van der Waals surface area contributed by atoms with E-state index in [9.17, 15) is 14.4 Å². The Kier molecular flexibility index (Phi) is 6.16. The number of amides is 1. The molecule has 7 heteroatoms. The first-order valence-electron chi connectivity index (χ1n) is 10.5. The highest BCUT2D eigenvalue weighted by molar-refractivity contribution is 6.07. The van der Waals surface area contributed by atoms with Crippen LogP contribution in [0.1, 0.15) is 30.9 Å². The molecule has 0 saturated heterocycles. The number of rotatable bonds is 6. The van der Waals surface area contributed by atoms with Crippen molar-refractivity contribution in [3.8, 4) is 0 Å². The van der Waals surface area contributed by atoms with E-state index in [-0.39, 0.29) is 25.5 Å². The summed E-state index contributed by atoms with van der Waals surface area (Å²) in [6.45, 7) is 3.84. The molecule has 164 valence electrons. The lowest BCUT2D eigenvalue weighted by Gasteiger charge is -2.29. The molecule has 0 aromatic heterocycles. The van der Waals surface area contributed by atoms with Crippen molar-refractivity contribution >= 4 is 29.2 Å². The molecule has 2 atom stereocenters. The smallest absolute Gasteiger partial charge is 0.337 e. The van der Waals surface area contributed by atoms with Crippen LogP contribution in [0.4, 0.5) is 5.69 Å². The van der Waals surface area contributed by atoms with Gasteiger partial charge in [-0.1, -0.05) is 42.5 Å². The van der Waals surface area contributed by atoms with Crippen LogP contribution in [0.15, 0.2) is 70.9 Å². The van der Waals surface area contributed by atoms with Gasteiger partial charge in [0.2, 0.25) is 5.91 Å². The Balaban J connectivity index is 1.57. The van der Waals surface area contributed by atoms with E-state index in [1.807, 2.05) is 42.5 Å². The number of esters is 2. The highest BCUT2D eigenvalue weighted by Crippen LogP contribution is 2.42. The van der Waals surface area contributed by atoms with Gasteiger partial charge in [-0.05, 0) is 37.1 Å². The van der Waals surface area contributed by atoms with Crippen molar-refractivity contribution in [1.29, 1.82) is 0 Å². The van der Waals surface area contributed by atoms with Crippen LogP contribution < -0.4 is 5.32 Å². The molecule has 2 heterocycles. The van der Waals surface area contributed by atoms with E-state index >= 15 is 0 Å². The Labute approximate surface area is 186 Å². The van der Waals surface area contributed by atoms with Crippen LogP contribution >= 0.6 is 0 Å².